The summed E-state index contributed by atoms with van der Waals surface area (Å²) >= 11 is 0. The van der Waals surface area contributed by atoms with Crippen molar-refractivity contribution in [2.45, 2.75) is 0 Å². The van der Waals surface area contributed by atoms with Gasteiger partial charge in [0.05, 0.1) is 11.6 Å². The number of nitriles is 1. The molecule has 1 aromatic heterocycles. The van der Waals surface area contributed by atoms with Crippen molar-refractivity contribution < 1.29 is 18.9 Å². The minimum atomic E-state index is -1.12. The summed E-state index contributed by atoms with van der Waals surface area (Å²) in [6.07, 6.45) is 0. The molecule has 1 N–H and O–H groups in total. The number of benzene rings is 1. The predicted molar refractivity (Wildman–Crippen MR) is 64.7 cm³/mol. The molecule has 0 spiro atoms. The second kappa shape index (κ2) is 4.86. The van der Waals surface area contributed by atoms with Gasteiger partial charge in [-0.05, 0) is 24.3 Å². The molecule has 0 amide bonds. The first-order valence-electron chi connectivity index (χ1n) is 5.46. The van der Waals surface area contributed by atoms with Gasteiger partial charge in [-0.15, -0.1) is 0 Å². The summed E-state index contributed by atoms with van der Waals surface area (Å²) in [7, 11) is 1.59. The van der Waals surface area contributed by atoms with Gasteiger partial charge in [0.1, 0.15) is 12.9 Å². The molecule has 1 aromatic carbocycles. The van der Waals surface area contributed by atoms with Crippen LogP contribution in [0, 0.1) is 17.1 Å². The minimum absolute atomic E-state index is 0.00150. The van der Waals surface area contributed by atoms with Gasteiger partial charge in [-0.25, -0.2) is 9.18 Å². The van der Waals surface area contributed by atoms with Crippen LogP contribution in [-0.2, 0) is 7.05 Å². The molecule has 0 aliphatic heterocycles. The standard InChI is InChI=1S/C14H9FN2O2/c1-17-12(10-2-4-11(15)5-3-10)6-9(8-16)7-13(17)14(18)19/h2-7H,1H3/p+1. The third-order valence-corrected chi connectivity index (χ3v) is 2.80. The zero-order valence-electron chi connectivity index (χ0n) is 10.1. The highest BCUT2D eigenvalue weighted by molar-refractivity contribution is 5.84. The van der Waals surface area contributed by atoms with E-state index in [1.165, 1.54) is 34.9 Å². The van der Waals surface area contributed by atoms with Crippen LogP contribution in [0.5, 0.6) is 0 Å². The third kappa shape index (κ3) is 2.43. The lowest BCUT2D eigenvalue weighted by molar-refractivity contribution is -0.663. The smallest absolute Gasteiger partial charge is 0.401 e. The molecule has 0 aliphatic carbocycles. The molecule has 1 heterocycles. The molecule has 5 heteroatoms. The van der Waals surface area contributed by atoms with Gasteiger partial charge in [0.25, 0.3) is 5.69 Å². The van der Waals surface area contributed by atoms with Gasteiger partial charge in [0.15, 0.2) is 0 Å². The molecule has 2 aromatic rings. The SMILES string of the molecule is C[n+]1c(C(=O)O)cc(C#N)cc1-c1ccc(F)cc1. The Morgan fingerprint density at radius 2 is 1.95 bits per heavy atom. The van der Waals surface area contributed by atoms with Crippen molar-refractivity contribution in [1.29, 1.82) is 5.26 Å². The van der Waals surface area contributed by atoms with Gasteiger partial charge in [-0.1, -0.05) is 0 Å². The van der Waals surface area contributed by atoms with Crippen molar-refractivity contribution in [3.63, 3.8) is 0 Å². The van der Waals surface area contributed by atoms with E-state index in [2.05, 4.69) is 0 Å². The second-order valence-corrected chi connectivity index (χ2v) is 4.00. The number of hydrogen-bond acceptors (Lipinski definition) is 2. The van der Waals surface area contributed by atoms with Crippen LogP contribution in [0.25, 0.3) is 11.3 Å². The predicted octanol–water partition coefficient (Wildman–Crippen LogP) is 1.89. The molecule has 0 saturated heterocycles. The van der Waals surface area contributed by atoms with Crippen LogP contribution in [0.2, 0.25) is 0 Å². The molecule has 0 aliphatic rings. The van der Waals surface area contributed by atoms with E-state index in [4.69, 9.17) is 10.4 Å². The quantitative estimate of drug-likeness (QED) is 0.835. The number of carboxylic acids is 1. The van der Waals surface area contributed by atoms with E-state index in [9.17, 15) is 9.18 Å². The summed E-state index contributed by atoms with van der Waals surface area (Å²) in [5.41, 5.74) is 1.42. The Labute approximate surface area is 109 Å². The maximum atomic E-state index is 12.9. The maximum absolute atomic E-state index is 12.9. The fourth-order valence-electron chi connectivity index (χ4n) is 1.83. The fraction of sp³-hybridized carbons (Fsp3) is 0.0714. The topological polar surface area (TPSA) is 65.0 Å². The summed E-state index contributed by atoms with van der Waals surface area (Å²) in [6.45, 7) is 0. The minimum Gasteiger partial charge on any atom is -0.473 e. The summed E-state index contributed by atoms with van der Waals surface area (Å²) in [6, 6.07) is 10.4. The lowest BCUT2D eigenvalue weighted by atomic mass is 10.1. The average Bonchev–Trinajstić information content (AvgIpc) is 2.40. The van der Waals surface area contributed by atoms with Gasteiger partial charge in [-0.3, -0.25) is 0 Å². The largest absolute Gasteiger partial charge is 0.473 e. The first-order valence-corrected chi connectivity index (χ1v) is 5.46. The van der Waals surface area contributed by atoms with Crippen molar-refractivity contribution in [3.05, 3.63) is 53.5 Å². The number of hydrogen-bond donors (Lipinski definition) is 1. The van der Waals surface area contributed by atoms with Crippen molar-refractivity contribution in [3.8, 4) is 17.3 Å². The number of aromatic carboxylic acids is 1. The lowest BCUT2D eigenvalue weighted by Gasteiger charge is -2.03. The third-order valence-electron chi connectivity index (χ3n) is 2.80. The van der Waals surface area contributed by atoms with Crippen LogP contribution < -0.4 is 4.57 Å². The van der Waals surface area contributed by atoms with Crippen LogP contribution in [0.15, 0.2) is 36.4 Å². The van der Waals surface area contributed by atoms with E-state index < -0.39 is 5.97 Å². The monoisotopic (exact) mass is 257 g/mol. The van der Waals surface area contributed by atoms with Crippen molar-refractivity contribution in [2.24, 2.45) is 7.05 Å². The zero-order valence-corrected chi connectivity index (χ0v) is 10.1. The van der Waals surface area contributed by atoms with Crippen LogP contribution in [-0.4, -0.2) is 11.1 Å². The van der Waals surface area contributed by atoms with E-state index in [0.717, 1.165) is 0 Å². The van der Waals surface area contributed by atoms with Crippen molar-refractivity contribution >= 4 is 5.97 Å². The Kier molecular flexibility index (Phi) is 3.25. The molecule has 19 heavy (non-hydrogen) atoms. The first-order chi connectivity index (χ1) is 9.02. The summed E-state index contributed by atoms with van der Waals surface area (Å²) < 4.78 is 14.4. The number of carboxylic acid groups (broad SMARTS) is 1. The number of nitrogens with zero attached hydrogens (tertiary/aromatic N) is 2. The van der Waals surface area contributed by atoms with E-state index >= 15 is 0 Å². The van der Waals surface area contributed by atoms with E-state index in [0.29, 0.717) is 11.3 Å². The lowest BCUT2D eigenvalue weighted by Crippen LogP contribution is -2.38. The molecular formula is C14H10FN2O2+. The normalized spacial score (nSPS) is 9.95. The van der Waals surface area contributed by atoms with Crippen LogP contribution in [0.3, 0.4) is 0 Å². The number of carbonyl (C=O) groups is 1. The molecule has 2 rings (SSSR count). The van der Waals surface area contributed by atoms with Crippen LogP contribution in [0.4, 0.5) is 4.39 Å². The number of pyridine rings is 1. The summed E-state index contributed by atoms with van der Waals surface area (Å²) in [5.74, 6) is -1.50. The van der Waals surface area contributed by atoms with E-state index in [1.54, 1.807) is 13.1 Å². The zero-order chi connectivity index (χ0) is 14.0. The molecule has 0 fully saturated rings. The number of halogens is 1. The molecule has 4 nitrogen and oxygen atoms in total. The highest BCUT2D eigenvalue weighted by atomic mass is 19.1. The molecular weight excluding hydrogens is 247 g/mol. The second-order valence-electron chi connectivity index (χ2n) is 4.00. The molecule has 0 unspecified atom stereocenters. The van der Waals surface area contributed by atoms with Gasteiger partial charge >= 0.3 is 5.97 Å². The van der Waals surface area contributed by atoms with Gasteiger partial charge in [0.2, 0.25) is 5.69 Å². The van der Waals surface area contributed by atoms with Gasteiger partial charge in [-0.2, -0.15) is 9.83 Å². The molecule has 0 radical (unpaired) electrons. The maximum Gasteiger partial charge on any atom is 0.401 e. The van der Waals surface area contributed by atoms with Crippen LogP contribution in [0.1, 0.15) is 16.1 Å². The summed E-state index contributed by atoms with van der Waals surface area (Å²) in [4.78, 5) is 11.1. The van der Waals surface area contributed by atoms with Crippen LogP contribution >= 0.6 is 0 Å². The number of rotatable bonds is 2. The summed E-state index contributed by atoms with van der Waals surface area (Å²) in [5, 5.41) is 18.0. The Bertz CT molecular complexity index is 688. The highest BCUT2D eigenvalue weighted by Gasteiger charge is 2.22. The molecule has 0 atom stereocenters. The first kappa shape index (κ1) is 12.7. The molecule has 94 valence electrons. The Balaban J connectivity index is 2.69. The Morgan fingerprint density at radius 3 is 2.47 bits per heavy atom. The molecule has 0 bridgehead atoms. The molecule has 0 saturated carbocycles. The average molecular weight is 257 g/mol. The van der Waals surface area contributed by atoms with E-state index in [1.807, 2.05) is 6.07 Å². The van der Waals surface area contributed by atoms with Gasteiger partial charge < -0.3 is 5.11 Å². The Morgan fingerprint density at radius 1 is 1.32 bits per heavy atom. The fourth-order valence-corrected chi connectivity index (χ4v) is 1.83. The van der Waals surface area contributed by atoms with Gasteiger partial charge in [0, 0.05) is 17.7 Å². The Hall–Kier alpha value is -2.74. The van der Waals surface area contributed by atoms with Crippen molar-refractivity contribution in [2.75, 3.05) is 0 Å². The highest BCUT2D eigenvalue weighted by Crippen LogP contribution is 2.18. The van der Waals surface area contributed by atoms with Crippen molar-refractivity contribution in [1.82, 2.24) is 0 Å². The van der Waals surface area contributed by atoms with E-state index in [-0.39, 0.29) is 17.1 Å². The number of aromatic nitrogens is 1.